The highest BCUT2D eigenvalue weighted by Crippen LogP contribution is 2.33. The van der Waals surface area contributed by atoms with Gasteiger partial charge in [0.2, 0.25) is 0 Å². The van der Waals surface area contributed by atoms with Crippen LogP contribution < -0.4 is 5.32 Å². The van der Waals surface area contributed by atoms with Crippen LogP contribution in [0.15, 0.2) is 42.5 Å². The number of fused-ring (bicyclic) bond motifs is 1. The van der Waals surface area contributed by atoms with Gasteiger partial charge in [0.05, 0.1) is 16.1 Å². The summed E-state index contributed by atoms with van der Waals surface area (Å²) < 4.78 is 14.9. The van der Waals surface area contributed by atoms with Crippen molar-refractivity contribution in [3.05, 3.63) is 64.3 Å². The van der Waals surface area contributed by atoms with Crippen molar-refractivity contribution in [1.82, 2.24) is 4.90 Å². The third kappa shape index (κ3) is 3.40. The number of benzene rings is 2. The van der Waals surface area contributed by atoms with Crippen LogP contribution in [0.4, 0.5) is 10.1 Å². The van der Waals surface area contributed by atoms with Gasteiger partial charge in [0.25, 0.3) is 11.8 Å². The van der Waals surface area contributed by atoms with E-state index in [1.165, 1.54) is 17.4 Å². The number of aryl methyl sites for hydroxylation is 1. The highest BCUT2D eigenvalue weighted by atomic mass is 32.1. The first kappa shape index (κ1) is 18.6. The SMILES string of the molecule is Cc1c(C(=O)Nc2ccccc2C(=O)N2CCCCC2)sc2cccc(F)c12. The molecule has 0 saturated carbocycles. The molecule has 0 aliphatic carbocycles. The summed E-state index contributed by atoms with van der Waals surface area (Å²) in [5.74, 6) is -0.710. The molecular weight excluding hydrogens is 375 g/mol. The molecule has 1 N–H and O–H groups in total. The van der Waals surface area contributed by atoms with E-state index < -0.39 is 0 Å². The number of rotatable bonds is 3. The Labute approximate surface area is 167 Å². The first-order chi connectivity index (χ1) is 13.6. The quantitative estimate of drug-likeness (QED) is 0.659. The molecule has 2 aromatic carbocycles. The van der Waals surface area contributed by atoms with Crippen LogP contribution in [0.1, 0.15) is 44.9 Å². The molecule has 1 fully saturated rings. The van der Waals surface area contributed by atoms with E-state index in [1.807, 2.05) is 4.90 Å². The number of halogens is 1. The zero-order chi connectivity index (χ0) is 19.7. The number of nitrogens with one attached hydrogen (secondary N) is 1. The number of piperidine rings is 1. The molecule has 0 unspecified atom stereocenters. The van der Waals surface area contributed by atoms with Crippen molar-refractivity contribution >= 4 is 38.9 Å². The average molecular weight is 396 g/mol. The zero-order valence-electron chi connectivity index (χ0n) is 15.6. The number of likely N-dealkylation sites (tertiary alicyclic amines) is 1. The predicted molar refractivity (Wildman–Crippen MR) is 111 cm³/mol. The van der Waals surface area contributed by atoms with Crippen molar-refractivity contribution in [3.63, 3.8) is 0 Å². The van der Waals surface area contributed by atoms with Gasteiger partial charge < -0.3 is 10.2 Å². The number of para-hydroxylation sites is 1. The summed E-state index contributed by atoms with van der Waals surface area (Å²) in [6.45, 7) is 3.24. The van der Waals surface area contributed by atoms with Gasteiger partial charge in [0.15, 0.2) is 0 Å². The molecule has 2 amide bonds. The first-order valence-electron chi connectivity index (χ1n) is 9.43. The summed E-state index contributed by atoms with van der Waals surface area (Å²) in [4.78, 5) is 28.1. The molecule has 1 aliphatic rings. The lowest BCUT2D eigenvalue weighted by atomic mass is 10.1. The summed E-state index contributed by atoms with van der Waals surface area (Å²) >= 11 is 1.26. The molecule has 0 radical (unpaired) electrons. The van der Waals surface area contributed by atoms with Crippen LogP contribution in [0.5, 0.6) is 0 Å². The molecule has 0 atom stereocenters. The number of hydrogen-bond donors (Lipinski definition) is 1. The Morgan fingerprint density at radius 3 is 2.54 bits per heavy atom. The Kier molecular flexibility index (Phi) is 5.13. The van der Waals surface area contributed by atoms with Crippen molar-refractivity contribution < 1.29 is 14.0 Å². The Bertz CT molecular complexity index is 1050. The topological polar surface area (TPSA) is 49.4 Å². The van der Waals surface area contributed by atoms with Crippen LogP contribution in [0.3, 0.4) is 0 Å². The molecule has 144 valence electrons. The number of hydrogen-bond acceptors (Lipinski definition) is 3. The largest absolute Gasteiger partial charge is 0.339 e. The van der Waals surface area contributed by atoms with Crippen LogP contribution in [-0.2, 0) is 0 Å². The summed E-state index contributed by atoms with van der Waals surface area (Å²) in [7, 11) is 0. The molecule has 4 nitrogen and oxygen atoms in total. The van der Waals surface area contributed by atoms with Crippen molar-refractivity contribution in [2.75, 3.05) is 18.4 Å². The van der Waals surface area contributed by atoms with E-state index in [0.717, 1.165) is 37.1 Å². The van der Waals surface area contributed by atoms with Gasteiger partial charge >= 0.3 is 0 Å². The van der Waals surface area contributed by atoms with Crippen LogP contribution >= 0.6 is 11.3 Å². The summed E-state index contributed by atoms with van der Waals surface area (Å²) in [6.07, 6.45) is 3.16. The van der Waals surface area contributed by atoms with Gasteiger partial charge in [-0.05, 0) is 56.0 Å². The smallest absolute Gasteiger partial charge is 0.266 e. The standard InChI is InChI=1S/C22H21FN2O2S/c1-14-19-16(23)9-7-11-18(19)28-20(14)21(26)24-17-10-4-3-8-15(17)22(27)25-12-5-2-6-13-25/h3-4,7-11H,2,5-6,12-13H2,1H3,(H,24,26). The second-order valence-corrected chi connectivity index (χ2v) is 8.07. The minimum Gasteiger partial charge on any atom is -0.339 e. The summed E-state index contributed by atoms with van der Waals surface area (Å²) in [5.41, 5.74) is 1.60. The Morgan fingerprint density at radius 2 is 1.79 bits per heavy atom. The van der Waals surface area contributed by atoms with Gasteiger partial charge in [-0.2, -0.15) is 0 Å². The third-order valence-electron chi connectivity index (χ3n) is 5.16. The molecule has 3 aromatic rings. The van der Waals surface area contributed by atoms with E-state index in [4.69, 9.17) is 0 Å². The Balaban J connectivity index is 1.63. The minimum atomic E-state index is -0.328. The van der Waals surface area contributed by atoms with Crippen LogP contribution in [-0.4, -0.2) is 29.8 Å². The van der Waals surface area contributed by atoms with Crippen LogP contribution in [0.25, 0.3) is 10.1 Å². The molecule has 0 bridgehead atoms. The molecule has 1 saturated heterocycles. The summed E-state index contributed by atoms with van der Waals surface area (Å²) in [5, 5.41) is 3.35. The van der Waals surface area contributed by atoms with E-state index in [-0.39, 0.29) is 17.6 Å². The maximum absolute atomic E-state index is 14.2. The zero-order valence-corrected chi connectivity index (χ0v) is 16.4. The van der Waals surface area contributed by atoms with Crippen molar-refractivity contribution in [3.8, 4) is 0 Å². The Hall–Kier alpha value is -2.73. The maximum Gasteiger partial charge on any atom is 0.266 e. The van der Waals surface area contributed by atoms with Crippen molar-refractivity contribution in [1.29, 1.82) is 0 Å². The van der Waals surface area contributed by atoms with Crippen molar-refractivity contribution in [2.24, 2.45) is 0 Å². The molecule has 28 heavy (non-hydrogen) atoms. The highest BCUT2D eigenvalue weighted by molar-refractivity contribution is 7.21. The number of carbonyl (C=O) groups excluding carboxylic acids is 2. The van der Waals surface area contributed by atoms with Gasteiger partial charge in [0, 0.05) is 23.2 Å². The van der Waals surface area contributed by atoms with E-state index in [9.17, 15) is 14.0 Å². The normalized spacial score (nSPS) is 14.3. The number of carbonyl (C=O) groups is 2. The fourth-order valence-corrected chi connectivity index (χ4v) is 4.81. The molecular formula is C22H21FN2O2S. The van der Waals surface area contributed by atoms with Gasteiger partial charge in [-0.3, -0.25) is 9.59 Å². The number of anilines is 1. The van der Waals surface area contributed by atoms with E-state index in [0.29, 0.717) is 27.1 Å². The van der Waals surface area contributed by atoms with Gasteiger partial charge in [-0.15, -0.1) is 11.3 Å². The minimum absolute atomic E-state index is 0.0605. The lowest BCUT2D eigenvalue weighted by molar-refractivity contribution is 0.0725. The van der Waals surface area contributed by atoms with Crippen LogP contribution in [0.2, 0.25) is 0 Å². The van der Waals surface area contributed by atoms with E-state index in [2.05, 4.69) is 5.32 Å². The molecule has 1 aliphatic heterocycles. The lowest BCUT2D eigenvalue weighted by Gasteiger charge is -2.27. The fourth-order valence-electron chi connectivity index (χ4n) is 3.70. The molecule has 0 spiro atoms. The first-order valence-corrected chi connectivity index (χ1v) is 10.2. The highest BCUT2D eigenvalue weighted by Gasteiger charge is 2.23. The predicted octanol–water partition coefficient (Wildman–Crippen LogP) is 5.23. The number of amides is 2. The molecule has 1 aromatic heterocycles. The number of nitrogens with zero attached hydrogens (tertiary/aromatic N) is 1. The van der Waals surface area contributed by atoms with Crippen LogP contribution in [0, 0.1) is 12.7 Å². The van der Waals surface area contributed by atoms with Gasteiger partial charge in [0.1, 0.15) is 5.82 Å². The monoisotopic (exact) mass is 396 g/mol. The van der Waals surface area contributed by atoms with E-state index >= 15 is 0 Å². The van der Waals surface area contributed by atoms with E-state index in [1.54, 1.807) is 43.3 Å². The molecule has 2 heterocycles. The Morgan fingerprint density at radius 1 is 1.04 bits per heavy atom. The second kappa shape index (κ2) is 7.72. The fraction of sp³-hybridized carbons (Fsp3) is 0.273. The summed E-state index contributed by atoms with van der Waals surface area (Å²) in [6, 6.07) is 11.9. The van der Waals surface area contributed by atoms with Crippen molar-refractivity contribution in [2.45, 2.75) is 26.2 Å². The third-order valence-corrected chi connectivity index (χ3v) is 6.41. The number of thiophene rings is 1. The lowest BCUT2D eigenvalue weighted by Crippen LogP contribution is -2.36. The second-order valence-electron chi connectivity index (χ2n) is 7.02. The average Bonchev–Trinajstić information content (AvgIpc) is 3.06. The van der Waals surface area contributed by atoms with Gasteiger partial charge in [-0.1, -0.05) is 18.2 Å². The molecule has 6 heteroatoms. The molecule has 4 rings (SSSR count). The maximum atomic E-state index is 14.2. The van der Waals surface area contributed by atoms with Gasteiger partial charge in [-0.25, -0.2) is 4.39 Å².